The molecule has 0 aliphatic carbocycles. The first-order chi connectivity index (χ1) is 17.2. The van der Waals surface area contributed by atoms with Gasteiger partial charge in [-0.25, -0.2) is 8.42 Å². The van der Waals surface area contributed by atoms with E-state index in [1.165, 1.54) is 29.8 Å². The molecule has 2 N–H and O–H groups in total. The average molecular weight is 509 g/mol. The molecule has 0 aliphatic heterocycles. The number of hydrogen-bond acceptors (Lipinski definition) is 5. The molecule has 0 aromatic heterocycles. The zero-order valence-electron chi connectivity index (χ0n) is 20.6. The molecule has 0 radical (unpaired) electrons. The number of esters is 1. The van der Waals surface area contributed by atoms with Gasteiger partial charge in [0.25, 0.3) is 10.0 Å². The number of carbonyl (C=O) groups is 2. The summed E-state index contributed by atoms with van der Waals surface area (Å²) in [6.07, 6.45) is 2.30. The fraction of sp³-hybridized carbons (Fsp3) is 0.286. The minimum Gasteiger partial charge on any atom is -0.466 e. The third-order valence-corrected chi connectivity index (χ3v) is 7.11. The van der Waals surface area contributed by atoms with E-state index in [0.29, 0.717) is 24.4 Å². The van der Waals surface area contributed by atoms with Crippen LogP contribution in [0.2, 0.25) is 0 Å². The summed E-state index contributed by atoms with van der Waals surface area (Å²) in [4.78, 5) is 24.2. The maximum atomic E-state index is 12.7. The molecule has 0 heterocycles. The highest BCUT2D eigenvalue weighted by Crippen LogP contribution is 2.20. The number of benzene rings is 3. The van der Waals surface area contributed by atoms with Crippen LogP contribution in [0.3, 0.4) is 0 Å². The van der Waals surface area contributed by atoms with E-state index in [0.717, 1.165) is 24.0 Å². The highest BCUT2D eigenvalue weighted by molar-refractivity contribution is 7.92. The number of carbonyl (C=O) groups excluding carboxylic acids is 2. The number of anilines is 2. The summed E-state index contributed by atoms with van der Waals surface area (Å²) in [5, 5.41) is 2.72. The Morgan fingerprint density at radius 1 is 0.806 bits per heavy atom. The first-order valence-electron chi connectivity index (χ1n) is 11.9. The third-order valence-electron chi connectivity index (χ3n) is 5.71. The minimum absolute atomic E-state index is 0.0914. The van der Waals surface area contributed by atoms with E-state index in [2.05, 4.69) is 10.0 Å². The summed E-state index contributed by atoms with van der Waals surface area (Å²) >= 11 is 0. The molecule has 0 saturated carbocycles. The summed E-state index contributed by atoms with van der Waals surface area (Å²) in [6.45, 7) is 4.23. The van der Waals surface area contributed by atoms with Crippen LogP contribution in [0.4, 0.5) is 11.4 Å². The van der Waals surface area contributed by atoms with Gasteiger partial charge in [0.2, 0.25) is 5.91 Å². The van der Waals surface area contributed by atoms with Crippen molar-refractivity contribution in [1.29, 1.82) is 0 Å². The largest absolute Gasteiger partial charge is 0.466 e. The third kappa shape index (κ3) is 8.53. The molecular formula is C28H32N2O5S. The lowest BCUT2D eigenvalue weighted by molar-refractivity contribution is -0.143. The van der Waals surface area contributed by atoms with Gasteiger partial charge in [-0.2, -0.15) is 0 Å². The monoisotopic (exact) mass is 508 g/mol. The molecule has 0 spiro atoms. The second kappa shape index (κ2) is 12.9. The lowest BCUT2D eigenvalue weighted by Crippen LogP contribution is -2.14. The second-order valence-corrected chi connectivity index (χ2v) is 10.3. The number of sulfonamides is 1. The minimum atomic E-state index is -3.75. The first kappa shape index (κ1) is 26.9. The van der Waals surface area contributed by atoms with Crippen molar-refractivity contribution in [1.82, 2.24) is 0 Å². The predicted molar refractivity (Wildman–Crippen MR) is 141 cm³/mol. The summed E-state index contributed by atoms with van der Waals surface area (Å²) < 4.78 is 33.1. The predicted octanol–water partition coefficient (Wildman–Crippen LogP) is 5.39. The van der Waals surface area contributed by atoms with Crippen LogP contribution >= 0.6 is 0 Å². The average Bonchev–Trinajstić information content (AvgIpc) is 2.85. The van der Waals surface area contributed by atoms with Crippen molar-refractivity contribution in [3.8, 4) is 0 Å². The molecule has 8 heteroatoms. The molecule has 3 aromatic rings. The Morgan fingerprint density at radius 3 is 2.19 bits per heavy atom. The first-order valence-corrected chi connectivity index (χ1v) is 13.4. The Bertz CT molecular complexity index is 1270. The molecule has 0 aliphatic rings. The van der Waals surface area contributed by atoms with E-state index in [1.807, 2.05) is 50.2 Å². The second-order valence-electron chi connectivity index (χ2n) is 8.64. The molecule has 3 aromatic carbocycles. The molecule has 3 rings (SSSR count). The molecule has 1 amide bonds. The molecule has 0 fully saturated rings. The Hall–Kier alpha value is -3.65. The highest BCUT2D eigenvalue weighted by Gasteiger charge is 2.15. The molecule has 0 bridgehead atoms. The van der Waals surface area contributed by atoms with Gasteiger partial charge in [0.15, 0.2) is 0 Å². The van der Waals surface area contributed by atoms with Crippen LogP contribution in [0.15, 0.2) is 77.7 Å². The number of aryl methyl sites for hydroxylation is 3. The standard InChI is InChI=1S/C28H32N2O5S/c1-21-13-14-25(20-22(21)2)30-36(33,34)26-17-15-24(16-18-26)29-27(31)11-6-12-28(32)35-19-7-10-23-8-4-3-5-9-23/h3-5,8-9,13-18,20,30H,6-7,10-12,19H2,1-2H3,(H,29,31). The zero-order chi connectivity index (χ0) is 26.0. The number of rotatable bonds is 12. The maximum absolute atomic E-state index is 12.7. The lowest BCUT2D eigenvalue weighted by atomic mass is 10.1. The maximum Gasteiger partial charge on any atom is 0.305 e. The van der Waals surface area contributed by atoms with Crippen LogP contribution in [0, 0.1) is 13.8 Å². The summed E-state index contributed by atoms with van der Waals surface area (Å²) in [7, 11) is -3.75. The van der Waals surface area contributed by atoms with Crippen molar-refractivity contribution in [2.75, 3.05) is 16.6 Å². The van der Waals surface area contributed by atoms with E-state index in [4.69, 9.17) is 4.74 Å². The molecule has 0 unspecified atom stereocenters. The van der Waals surface area contributed by atoms with Gasteiger partial charge < -0.3 is 10.1 Å². The topological polar surface area (TPSA) is 102 Å². The summed E-state index contributed by atoms with van der Waals surface area (Å²) in [5.41, 5.74) is 4.24. The van der Waals surface area contributed by atoms with E-state index < -0.39 is 10.0 Å². The Kier molecular flexibility index (Phi) is 9.64. The van der Waals surface area contributed by atoms with Crippen LogP contribution in [-0.2, 0) is 30.8 Å². The number of ether oxygens (including phenoxy) is 1. The molecule has 190 valence electrons. The van der Waals surface area contributed by atoms with Crippen molar-refractivity contribution in [2.24, 2.45) is 0 Å². The van der Waals surface area contributed by atoms with Gasteiger partial charge in [0.05, 0.1) is 11.5 Å². The van der Waals surface area contributed by atoms with E-state index in [1.54, 1.807) is 12.1 Å². The van der Waals surface area contributed by atoms with Gasteiger partial charge in [0.1, 0.15) is 0 Å². The molecular weight excluding hydrogens is 476 g/mol. The van der Waals surface area contributed by atoms with E-state index in [-0.39, 0.29) is 29.6 Å². The van der Waals surface area contributed by atoms with Crippen LogP contribution < -0.4 is 10.0 Å². The van der Waals surface area contributed by atoms with Gasteiger partial charge in [0, 0.05) is 24.2 Å². The van der Waals surface area contributed by atoms with Gasteiger partial charge >= 0.3 is 5.97 Å². The Labute approximate surface area is 212 Å². The van der Waals surface area contributed by atoms with Crippen LogP contribution in [-0.4, -0.2) is 26.9 Å². The normalized spacial score (nSPS) is 11.1. The lowest BCUT2D eigenvalue weighted by Gasteiger charge is -2.11. The number of amides is 1. The quantitative estimate of drug-likeness (QED) is 0.252. The molecule has 0 atom stereocenters. The van der Waals surface area contributed by atoms with Crippen LogP contribution in [0.1, 0.15) is 42.4 Å². The highest BCUT2D eigenvalue weighted by atomic mass is 32.2. The van der Waals surface area contributed by atoms with Gasteiger partial charge in [-0.05, 0) is 86.2 Å². The van der Waals surface area contributed by atoms with Crippen molar-refractivity contribution in [2.45, 2.75) is 50.8 Å². The van der Waals surface area contributed by atoms with E-state index >= 15 is 0 Å². The van der Waals surface area contributed by atoms with Crippen molar-refractivity contribution < 1.29 is 22.7 Å². The van der Waals surface area contributed by atoms with Crippen molar-refractivity contribution in [3.05, 3.63) is 89.5 Å². The van der Waals surface area contributed by atoms with E-state index in [9.17, 15) is 18.0 Å². The van der Waals surface area contributed by atoms with Crippen LogP contribution in [0.25, 0.3) is 0 Å². The Morgan fingerprint density at radius 2 is 1.50 bits per heavy atom. The summed E-state index contributed by atoms with van der Waals surface area (Å²) in [6, 6.07) is 21.3. The SMILES string of the molecule is Cc1ccc(NS(=O)(=O)c2ccc(NC(=O)CCCC(=O)OCCCc3ccccc3)cc2)cc1C. The fourth-order valence-electron chi connectivity index (χ4n) is 3.53. The van der Waals surface area contributed by atoms with Gasteiger partial charge in [-0.3, -0.25) is 14.3 Å². The van der Waals surface area contributed by atoms with Gasteiger partial charge in [-0.15, -0.1) is 0 Å². The number of hydrogen-bond donors (Lipinski definition) is 2. The molecule has 36 heavy (non-hydrogen) atoms. The van der Waals surface area contributed by atoms with Crippen molar-refractivity contribution in [3.63, 3.8) is 0 Å². The molecule has 7 nitrogen and oxygen atoms in total. The number of nitrogens with one attached hydrogen (secondary N) is 2. The van der Waals surface area contributed by atoms with Gasteiger partial charge in [-0.1, -0.05) is 36.4 Å². The smallest absolute Gasteiger partial charge is 0.305 e. The summed E-state index contributed by atoms with van der Waals surface area (Å²) in [5.74, 6) is -0.572. The zero-order valence-corrected chi connectivity index (χ0v) is 21.4. The van der Waals surface area contributed by atoms with Crippen molar-refractivity contribution >= 4 is 33.3 Å². The molecule has 0 saturated heterocycles. The fourth-order valence-corrected chi connectivity index (χ4v) is 4.58. The Balaban J connectivity index is 1.37. The van der Waals surface area contributed by atoms with Crippen LogP contribution in [0.5, 0.6) is 0 Å².